The van der Waals surface area contributed by atoms with E-state index in [-0.39, 0.29) is 11.9 Å². The molecule has 0 radical (unpaired) electrons. The van der Waals surface area contributed by atoms with E-state index < -0.39 is 0 Å². The molecule has 1 aromatic heterocycles. The van der Waals surface area contributed by atoms with Gasteiger partial charge in [-0.25, -0.2) is 0 Å². The van der Waals surface area contributed by atoms with E-state index in [0.717, 1.165) is 24.1 Å². The third-order valence-corrected chi connectivity index (χ3v) is 3.96. The van der Waals surface area contributed by atoms with Crippen LogP contribution in [0.2, 0.25) is 0 Å². The predicted molar refractivity (Wildman–Crippen MR) is 77.8 cm³/mol. The quantitative estimate of drug-likeness (QED) is 0.788. The molecule has 0 aromatic carbocycles. The van der Waals surface area contributed by atoms with E-state index in [0.29, 0.717) is 31.1 Å². The lowest BCUT2D eigenvalue weighted by Crippen LogP contribution is -2.38. The summed E-state index contributed by atoms with van der Waals surface area (Å²) in [6, 6.07) is 2.22. The summed E-state index contributed by atoms with van der Waals surface area (Å²) in [6.45, 7) is 7.35. The molecule has 2 rings (SSSR count). The first-order valence-electron chi connectivity index (χ1n) is 7.24. The zero-order valence-corrected chi connectivity index (χ0v) is 12.7. The number of aryl methyl sites for hydroxylation is 1. The molecule has 0 saturated carbocycles. The SMILES string of the molecule is CCOC(=O)C1CCN(c2nnc(C)c(C)c2C#N)CC1. The van der Waals surface area contributed by atoms with Crippen LogP contribution in [0.25, 0.3) is 0 Å². The van der Waals surface area contributed by atoms with Gasteiger partial charge in [0.15, 0.2) is 5.82 Å². The number of anilines is 1. The lowest BCUT2D eigenvalue weighted by atomic mass is 9.96. The second-order valence-electron chi connectivity index (χ2n) is 5.23. The highest BCUT2D eigenvalue weighted by Gasteiger charge is 2.28. The Morgan fingerprint density at radius 2 is 2.05 bits per heavy atom. The fraction of sp³-hybridized carbons (Fsp3) is 0.600. The Hall–Kier alpha value is -2.16. The molecule has 6 heteroatoms. The van der Waals surface area contributed by atoms with E-state index in [2.05, 4.69) is 16.3 Å². The van der Waals surface area contributed by atoms with Crippen molar-refractivity contribution in [1.82, 2.24) is 10.2 Å². The first-order chi connectivity index (χ1) is 10.1. The van der Waals surface area contributed by atoms with Crippen molar-refractivity contribution in [2.45, 2.75) is 33.6 Å². The number of carbonyl (C=O) groups is 1. The van der Waals surface area contributed by atoms with Crippen LogP contribution in [-0.2, 0) is 9.53 Å². The molecule has 1 aliphatic heterocycles. The zero-order chi connectivity index (χ0) is 15.4. The number of piperidine rings is 1. The molecule has 6 nitrogen and oxygen atoms in total. The molecule has 0 spiro atoms. The predicted octanol–water partition coefficient (Wildman–Crippen LogP) is 1.74. The maximum Gasteiger partial charge on any atom is 0.309 e. The van der Waals surface area contributed by atoms with Crippen LogP contribution in [0, 0.1) is 31.1 Å². The van der Waals surface area contributed by atoms with Crippen LogP contribution < -0.4 is 4.90 Å². The largest absolute Gasteiger partial charge is 0.466 e. The number of aromatic nitrogens is 2. The Balaban J connectivity index is 2.11. The van der Waals surface area contributed by atoms with Gasteiger partial charge in [-0.3, -0.25) is 4.79 Å². The first kappa shape index (κ1) is 15.2. The van der Waals surface area contributed by atoms with E-state index in [1.165, 1.54) is 0 Å². The van der Waals surface area contributed by atoms with Crippen LogP contribution in [0.3, 0.4) is 0 Å². The second-order valence-corrected chi connectivity index (χ2v) is 5.23. The molecule has 1 saturated heterocycles. The fourth-order valence-corrected chi connectivity index (χ4v) is 2.54. The summed E-state index contributed by atoms with van der Waals surface area (Å²) in [4.78, 5) is 13.8. The maximum absolute atomic E-state index is 11.7. The van der Waals surface area contributed by atoms with E-state index in [1.54, 1.807) is 0 Å². The van der Waals surface area contributed by atoms with Crippen LogP contribution in [0.1, 0.15) is 36.6 Å². The smallest absolute Gasteiger partial charge is 0.309 e. The molecule has 112 valence electrons. The minimum Gasteiger partial charge on any atom is -0.466 e. The second kappa shape index (κ2) is 6.53. The van der Waals surface area contributed by atoms with Gasteiger partial charge in [0.25, 0.3) is 0 Å². The fourth-order valence-electron chi connectivity index (χ4n) is 2.54. The van der Waals surface area contributed by atoms with E-state index in [1.807, 2.05) is 25.7 Å². The number of ether oxygens (including phenoxy) is 1. The van der Waals surface area contributed by atoms with Crippen molar-refractivity contribution >= 4 is 11.8 Å². The number of hydrogen-bond donors (Lipinski definition) is 0. The normalized spacial score (nSPS) is 15.6. The molecule has 0 aliphatic carbocycles. The number of nitriles is 1. The van der Waals surface area contributed by atoms with Crippen molar-refractivity contribution in [2.75, 3.05) is 24.6 Å². The number of hydrogen-bond acceptors (Lipinski definition) is 6. The highest BCUT2D eigenvalue weighted by atomic mass is 16.5. The van der Waals surface area contributed by atoms with Gasteiger partial charge >= 0.3 is 5.97 Å². The Bertz CT molecular complexity index is 572. The van der Waals surface area contributed by atoms with Gasteiger partial charge in [-0.05, 0) is 39.2 Å². The summed E-state index contributed by atoms with van der Waals surface area (Å²) in [7, 11) is 0. The molecule has 1 aliphatic rings. The van der Waals surface area contributed by atoms with E-state index in [4.69, 9.17) is 4.74 Å². The molecule has 0 N–H and O–H groups in total. The lowest BCUT2D eigenvalue weighted by molar-refractivity contribution is -0.148. The van der Waals surface area contributed by atoms with Gasteiger partial charge in [-0.2, -0.15) is 10.4 Å². The zero-order valence-electron chi connectivity index (χ0n) is 12.7. The molecule has 0 bridgehead atoms. The van der Waals surface area contributed by atoms with Gasteiger partial charge < -0.3 is 9.64 Å². The van der Waals surface area contributed by atoms with Crippen LogP contribution in [0.15, 0.2) is 0 Å². The highest BCUT2D eigenvalue weighted by Crippen LogP contribution is 2.26. The van der Waals surface area contributed by atoms with Crippen LogP contribution >= 0.6 is 0 Å². The van der Waals surface area contributed by atoms with Gasteiger partial charge in [-0.15, -0.1) is 5.10 Å². The molecule has 21 heavy (non-hydrogen) atoms. The Labute approximate surface area is 124 Å². The summed E-state index contributed by atoms with van der Waals surface area (Å²) >= 11 is 0. The van der Waals surface area contributed by atoms with Crippen molar-refractivity contribution in [3.63, 3.8) is 0 Å². The molecular weight excluding hydrogens is 268 g/mol. The molecule has 0 unspecified atom stereocenters. The van der Waals surface area contributed by atoms with Crippen molar-refractivity contribution in [2.24, 2.45) is 5.92 Å². The molecular formula is C15H20N4O2. The van der Waals surface area contributed by atoms with Crippen LogP contribution in [0.4, 0.5) is 5.82 Å². The summed E-state index contributed by atoms with van der Waals surface area (Å²) in [6.07, 6.45) is 1.44. The maximum atomic E-state index is 11.7. The Kier molecular flexibility index (Phi) is 4.73. The van der Waals surface area contributed by atoms with Crippen molar-refractivity contribution in [1.29, 1.82) is 5.26 Å². The van der Waals surface area contributed by atoms with Gasteiger partial charge in [0.05, 0.1) is 18.2 Å². The van der Waals surface area contributed by atoms with Crippen LogP contribution in [0.5, 0.6) is 0 Å². The van der Waals surface area contributed by atoms with E-state index >= 15 is 0 Å². The van der Waals surface area contributed by atoms with Crippen molar-refractivity contribution < 1.29 is 9.53 Å². The molecule has 0 amide bonds. The average Bonchev–Trinajstić information content (AvgIpc) is 2.50. The van der Waals surface area contributed by atoms with Gasteiger partial charge in [-0.1, -0.05) is 0 Å². The summed E-state index contributed by atoms with van der Waals surface area (Å²) in [5.74, 6) is 0.456. The summed E-state index contributed by atoms with van der Waals surface area (Å²) in [5.41, 5.74) is 2.23. The molecule has 1 fully saturated rings. The van der Waals surface area contributed by atoms with Crippen molar-refractivity contribution in [3.05, 3.63) is 16.8 Å². The monoisotopic (exact) mass is 288 g/mol. The summed E-state index contributed by atoms with van der Waals surface area (Å²) in [5, 5.41) is 17.6. The van der Waals surface area contributed by atoms with Gasteiger partial charge in [0, 0.05) is 13.1 Å². The average molecular weight is 288 g/mol. The number of esters is 1. The summed E-state index contributed by atoms with van der Waals surface area (Å²) < 4.78 is 5.06. The topological polar surface area (TPSA) is 79.1 Å². The molecule has 2 heterocycles. The van der Waals surface area contributed by atoms with Crippen molar-refractivity contribution in [3.8, 4) is 6.07 Å². The Morgan fingerprint density at radius 1 is 1.38 bits per heavy atom. The minimum absolute atomic E-state index is 0.0498. The molecule has 1 aromatic rings. The van der Waals surface area contributed by atoms with E-state index in [9.17, 15) is 10.1 Å². The third kappa shape index (κ3) is 3.13. The number of nitrogens with zero attached hydrogens (tertiary/aromatic N) is 4. The lowest BCUT2D eigenvalue weighted by Gasteiger charge is -2.32. The third-order valence-electron chi connectivity index (χ3n) is 3.96. The first-order valence-corrected chi connectivity index (χ1v) is 7.24. The Morgan fingerprint density at radius 3 is 2.62 bits per heavy atom. The number of rotatable bonds is 3. The van der Waals surface area contributed by atoms with Gasteiger partial charge in [0.2, 0.25) is 0 Å². The minimum atomic E-state index is -0.121. The standard InChI is InChI=1S/C15H20N4O2/c1-4-21-15(20)12-5-7-19(8-6-12)14-13(9-16)10(2)11(3)17-18-14/h12H,4-8H2,1-3H3. The number of carbonyl (C=O) groups excluding carboxylic acids is 1. The highest BCUT2D eigenvalue weighted by molar-refractivity contribution is 5.73. The van der Waals surface area contributed by atoms with Gasteiger partial charge in [0.1, 0.15) is 11.6 Å². The molecule has 0 atom stereocenters. The van der Waals surface area contributed by atoms with Crippen LogP contribution in [-0.4, -0.2) is 35.9 Å².